The number of hydrogen-bond acceptors (Lipinski definition) is 3. The highest BCUT2D eigenvalue weighted by Crippen LogP contribution is 2.20. The topological polar surface area (TPSA) is 70.7 Å². The average Bonchev–Trinajstić information content (AvgIpc) is 2.77. The van der Waals surface area contributed by atoms with Crippen molar-refractivity contribution in [2.24, 2.45) is 5.92 Å². The Morgan fingerprint density at radius 3 is 2.78 bits per heavy atom. The summed E-state index contributed by atoms with van der Waals surface area (Å²) in [5.74, 6) is 0.0250. The number of carbonyl (C=O) groups excluding carboxylic acids is 1. The van der Waals surface area contributed by atoms with Crippen molar-refractivity contribution in [2.45, 2.75) is 34.2 Å². The van der Waals surface area contributed by atoms with Gasteiger partial charge >= 0.3 is 0 Å². The number of amides is 1. The van der Waals surface area contributed by atoms with Crippen LogP contribution >= 0.6 is 0 Å². The molecule has 18 heavy (non-hydrogen) atoms. The zero-order valence-electron chi connectivity index (χ0n) is 11.2. The van der Waals surface area contributed by atoms with Crippen molar-refractivity contribution in [3.8, 4) is 0 Å². The predicted octanol–water partition coefficient (Wildman–Crippen LogP) is 1.85. The minimum absolute atomic E-state index is 0.0154. The van der Waals surface area contributed by atoms with Crippen LogP contribution < -0.4 is 5.32 Å². The summed E-state index contributed by atoms with van der Waals surface area (Å²) in [6.45, 7) is 8.11. The van der Waals surface area contributed by atoms with Gasteiger partial charge in [-0.3, -0.25) is 9.78 Å². The number of hydrogen-bond donors (Lipinski definition) is 2. The standard InChI is InChI=1S/C13H18N4O/c1-7(2)13(18)14-5-10-8(3)17-9(4)11-12(10)16-6-15-11/h6-7H,5H2,1-4H3,(H,14,18)(H,15,16). The van der Waals surface area contributed by atoms with Crippen LogP contribution in [0.4, 0.5) is 0 Å². The molecule has 0 unspecified atom stereocenters. The fraction of sp³-hybridized carbons (Fsp3) is 0.462. The number of nitrogens with zero attached hydrogens (tertiary/aromatic N) is 2. The van der Waals surface area contributed by atoms with E-state index < -0.39 is 0 Å². The number of rotatable bonds is 3. The van der Waals surface area contributed by atoms with Gasteiger partial charge in [-0.15, -0.1) is 0 Å². The Kier molecular flexibility index (Phi) is 3.32. The molecule has 2 N–H and O–H groups in total. The average molecular weight is 246 g/mol. The van der Waals surface area contributed by atoms with Crippen molar-refractivity contribution in [3.63, 3.8) is 0 Å². The molecular formula is C13H18N4O. The second kappa shape index (κ2) is 4.76. The Morgan fingerprint density at radius 1 is 1.39 bits per heavy atom. The van der Waals surface area contributed by atoms with E-state index in [9.17, 15) is 4.79 Å². The molecule has 0 saturated heterocycles. The summed E-state index contributed by atoms with van der Waals surface area (Å²) >= 11 is 0. The molecule has 0 saturated carbocycles. The van der Waals surface area contributed by atoms with Crippen molar-refractivity contribution in [1.29, 1.82) is 0 Å². The molecule has 2 aromatic heterocycles. The van der Waals surface area contributed by atoms with Gasteiger partial charge in [0, 0.05) is 23.7 Å². The first kappa shape index (κ1) is 12.5. The van der Waals surface area contributed by atoms with Crippen molar-refractivity contribution in [2.75, 3.05) is 0 Å². The summed E-state index contributed by atoms with van der Waals surface area (Å²) < 4.78 is 0. The summed E-state index contributed by atoms with van der Waals surface area (Å²) in [6.07, 6.45) is 1.66. The number of nitrogens with one attached hydrogen (secondary N) is 2. The number of aryl methyl sites for hydroxylation is 2. The lowest BCUT2D eigenvalue weighted by Crippen LogP contribution is -2.27. The molecule has 0 atom stereocenters. The molecule has 0 aliphatic heterocycles. The molecule has 2 rings (SSSR count). The second-order valence-corrected chi connectivity index (χ2v) is 4.76. The van der Waals surface area contributed by atoms with Gasteiger partial charge in [-0.2, -0.15) is 0 Å². The van der Waals surface area contributed by atoms with Gasteiger partial charge in [0.1, 0.15) is 0 Å². The van der Waals surface area contributed by atoms with E-state index in [0.717, 1.165) is 28.0 Å². The highest BCUT2D eigenvalue weighted by molar-refractivity contribution is 5.82. The maximum atomic E-state index is 11.6. The van der Waals surface area contributed by atoms with Crippen LogP contribution in [0.1, 0.15) is 30.8 Å². The Hall–Kier alpha value is -1.91. The molecule has 0 bridgehead atoms. The van der Waals surface area contributed by atoms with E-state index in [2.05, 4.69) is 20.3 Å². The van der Waals surface area contributed by atoms with E-state index in [1.165, 1.54) is 0 Å². The van der Waals surface area contributed by atoms with Crippen LogP contribution in [-0.2, 0) is 11.3 Å². The number of fused-ring (bicyclic) bond motifs is 1. The molecule has 0 aliphatic rings. The highest BCUT2D eigenvalue weighted by Gasteiger charge is 2.13. The van der Waals surface area contributed by atoms with Crippen LogP contribution in [0.5, 0.6) is 0 Å². The number of aromatic amines is 1. The molecular weight excluding hydrogens is 228 g/mol. The van der Waals surface area contributed by atoms with E-state index in [4.69, 9.17) is 0 Å². The fourth-order valence-electron chi connectivity index (χ4n) is 1.94. The summed E-state index contributed by atoms with van der Waals surface area (Å²) in [5.41, 5.74) is 4.65. The molecule has 0 spiro atoms. The lowest BCUT2D eigenvalue weighted by Gasteiger charge is -2.11. The van der Waals surface area contributed by atoms with Gasteiger partial charge < -0.3 is 10.3 Å². The lowest BCUT2D eigenvalue weighted by atomic mass is 10.1. The third-order valence-corrected chi connectivity index (χ3v) is 3.02. The summed E-state index contributed by atoms with van der Waals surface area (Å²) in [7, 11) is 0. The number of imidazole rings is 1. The minimum atomic E-state index is -0.0154. The maximum absolute atomic E-state index is 11.6. The quantitative estimate of drug-likeness (QED) is 0.868. The van der Waals surface area contributed by atoms with Gasteiger partial charge in [-0.05, 0) is 13.8 Å². The van der Waals surface area contributed by atoms with Crippen molar-refractivity contribution < 1.29 is 4.79 Å². The van der Waals surface area contributed by atoms with Gasteiger partial charge in [-0.25, -0.2) is 4.98 Å². The number of aromatic nitrogens is 3. The summed E-state index contributed by atoms with van der Waals surface area (Å²) in [5, 5.41) is 2.91. The molecule has 2 heterocycles. The largest absolute Gasteiger partial charge is 0.352 e. The molecule has 0 radical (unpaired) electrons. The van der Waals surface area contributed by atoms with Gasteiger partial charge in [-0.1, -0.05) is 13.8 Å². The van der Waals surface area contributed by atoms with Crippen LogP contribution in [0.25, 0.3) is 11.0 Å². The molecule has 96 valence electrons. The smallest absolute Gasteiger partial charge is 0.222 e. The van der Waals surface area contributed by atoms with E-state index in [1.54, 1.807) is 6.33 Å². The lowest BCUT2D eigenvalue weighted by molar-refractivity contribution is -0.124. The highest BCUT2D eigenvalue weighted by atomic mass is 16.1. The van der Waals surface area contributed by atoms with Gasteiger partial charge in [0.05, 0.1) is 23.1 Å². The molecule has 2 aromatic rings. The Morgan fingerprint density at radius 2 is 2.11 bits per heavy atom. The van der Waals surface area contributed by atoms with Crippen LogP contribution in [0.15, 0.2) is 6.33 Å². The Bertz CT molecular complexity index is 586. The van der Waals surface area contributed by atoms with Gasteiger partial charge in [0.25, 0.3) is 0 Å². The van der Waals surface area contributed by atoms with E-state index >= 15 is 0 Å². The van der Waals surface area contributed by atoms with Gasteiger partial charge in [0.15, 0.2) is 0 Å². The number of pyridine rings is 1. The SMILES string of the molecule is Cc1nc(C)c2[nH]cnc2c1CNC(=O)C(C)C. The number of H-pyrrole nitrogens is 1. The maximum Gasteiger partial charge on any atom is 0.222 e. The zero-order chi connectivity index (χ0) is 13.3. The van der Waals surface area contributed by atoms with Gasteiger partial charge in [0.2, 0.25) is 5.91 Å². The van der Waals surface area contributed by atoms with E-state index in [1.807, 2.05) is 27.7 Å². The second-order valence-electron chi connectivity index (χ2n) is 4.76. The Balaban J connectivity index is 2.33. The van der Waals surface area contributed by atoms with Crippen molar-refractivity contribution >= 4 is 16.9 Å². The molecule has 0 fully saturated rings. The molecule has 0 aliphatic carbocycles. The predicted molar refractivity (Wildman–Crippen MR) is 70.0 cm³/mol. The van der Waals surface area contributed by atoms with Crippen molar-refractivity contribution in [3.05, 3.63) is 23.3 Å². The molecule has 1 amide bonds. The fourth-order valence-corrected chi connectivity index (χ4v) is 1.94. The molecule has 5 nitrogen and oxygen atoms in total. The first-order valence-electron chi connectivity index (χ1n) is 6.07. The normalized spacial score (nSPS) is 11.2. The first-order chi connectivity index (χ1) is 8.50. The van der Waals surface area contributed by atoms with Crippen LogP contribution in [0.2, 0.25) is 0 Å². The van der Waals surface area contributed by atoms with E-state index in [0.29, 0.717) is 6.54 Å². The van der Waals surface area contributed by atoms with Crippen LogP contribution in [0, 0.1) is 19.8 Å². The first-order valence-corrected chi connectivity index (χ1v) is 6.07. The summed E-state index contributed by atoms with van der Waals surface area (Å²) in [6, 6.07) is 0. The third-order valence-electron chi connectivity index (χ3n) is 3.02. The van der Waals surface area contributed by atoms with Crippen LogP contribution in [0.3, 0.4) is 0 Å². The zero-order valence-corrected chi connectivity index (χ0v) is 11.2. The molecule has 0 aromatic carbocycles. The monoisotopic (exact) mass is 246 g/mol. The van der Waals surface area contributed by atoms with Crippen LogP contribution in [-0.4, -0.2) is 20.9 Å². The minimum Gasteiger partial charge on any atom is -0.352 e. The van der Waals surface area contributed by atoms with Crippen molar-refractivity contribution in [1.82, 2.24) is 20.3 Å². The number of carbonyl (C=O) groups is 1. The Labute approximate surface area is 106 Å². The third kappa shape index (κ3) is 2.20. The molecule has 5 heteroatoms. The van der Waals surface area contributed by atoms with E-state index in [-0.39, 0.29) is 11.8 Å². The summed E-state index contributed by atoms with van der Waals surface area (Å²) in [4.78, 5) is 23.5.